The monoisotopic (exact) mass is 234 g/mol. The number of hydrogen-bond donors (Lipinski definition) is 1. The number of rotatable bonds is 5. The van der Waals surface area contributed by atoms with Crippen LogP contribution >= 0.6 is 0 Å². The van der Waals surface area contributed by atoms with Crippen molar-refractivity contribution in [3.05, 3.63) is 11.8 Å². The van der Waals surface area contributed by atoms with Crippen LogP contribution in [-0.4, -0.2) is 17.7 Å². The first-order chi connectivity index (χ1) is 8.04. The van der Waals surface area contributed by atoms with E-state index in [2.05, 4.69) is 38.7 Å². The van der Waals surface area contributed by atoms with Crippen molar-refractivity contribution in [2.75, 3.05) is 23.7 Å². The van der Waals surface area contributed by atoms with Crippen LogP contribution in [0.2, 0.25) is 0 Å². The number of nitrogen functional groups attached to an aromatic ring is 1. The summed E-state index contributed by atoms with van der Waals surface area (Å²) in [6, 6.07) is 4.00. The average molecular weight is 234 g/mol. The van der Waals surface area contributed by atoms with Crippen LogP contribution in [0.4, 0.5) is 11.5 Å². The lowest BCUT2D eigenvalue weighted by atomic mass is 10.2. The molecule has 0 aliphatic heterocycles. The topological polar surface area (TPSA) is 58.0 Å². The molecule has 0 saturated heterocycles. The van der Waals surface area contributed by atoms with Crippen LogP contribution in [0.1, 0.15) is 33.4 Å². The smallest absolute Gasteiger partial charge is 0.133 e. The predicted molar refractivity (Wildman–Crippen MR) is 72.0 cm³/mol. The average Bonchev–Trinajstić information content (AvgIpc) is 2.58. The Hall–Kier alpha value is -1.63. The molecule has 94 valence electrons. The Labute approximate surface area is 104 Å². The molecule has 1 heterocycles. The lowest BCUT2D eigenvalue weighted by Crippen LogP contribution is -2.26. The highest BCUT2D eigenvalue weighted by atomic mass is 15.2. The Balaban J connectivity index is 3.26. The molecule has 1 aromatic heterocycles. The fourth-order valence-corrected chi connectivity index (χ4v) is 2.08. The van der Waals surface area contributed by atoms with Gasteiger partial charge in [0.1, 0.15) is 17.6 Å². The van der Waals surface area contributed by atoms with E-state index >= 15 is 0 Å². The quantitative estimate of drug-likeness (QED) is 0.851. The number of anilines is 2. The first kappa shape index (κ1) is 13.4. The molecule has 1 aromatic rings. The van der Waals surface area contributed by atoms with E-state index in [4.69, 9.17) is 11.0 Å². The molecule has 0 spiro atoms. The largest absolute Gasteiger partial charge is 0.396 e. The highest BCUT2D eigenvalue weighted by Crippen LogP contribution is 2.28. The Kier molecular flexibility index (Phi) is 4.45. The van der Waals surface area contributed by atoms with Gasteiger partial charge in [-0.2, -0.15) is 5.26 Å². The van der Waals surface area contributed by atoms with Crippen LogP contribution < -0.4 is 10.6 Å². The van der Waals surface area contributed by atoms with Gasteiger partial charge in [0.05, 0.1) is 5.69 Å². The highest BCUT2D eigenvalue weighted by Gasteiger charge is 2.17. The number of nitrogens with two attached hydrogens (primary N) is 1. The normalized spacial score (nSPS) is 10.6. The molecular formula is C13H22N4. The van der Waals surface area contributed by atoms with Crippen LogP contribution in [0.3, 0.4) is 0 Å². The zero-order valence-electron chi connectivity index (χ0n) is 11.2. The molecule has 0 unspecified atom stereocenters. The molecule has 0 aliphatic rings. The maximum Gasteiger partial charge on any atom is 0.133 e. The Bertz CT molecular complexity index is 408. The molecule has 0 amide bonds. The van der Waals surface area contributed by atoms with Crippen LogP contribution in [-0.2, 0) is 6.54 Å². The molecule has 4 heteroatoms. The minimum absolute atomic E-state index is 0.489. The summed E-state index contributed by atoms with van der Waals surface area (Å²) in [6.45, 7) is 11.1. The molecule has 0 bridgehead atoms. The summed E-state index contributed by atoms with van der Waals surface area (Å²) < 4.78 is 2.03. The maximum atomic E-state index is 9.15. The number of hydrogen-bond acceptors (Lipinski definition) is 3. The lowest BCUT2D eigenvalue weighted by molar-refractivity contribution is 0.519. The van der Waals surface area contributed by atoms with E-state index in [0.29, 0.717) is 17.3 Å². The van der Waals surface area contributed by atoms with Crippen molar-refractivity contribution >= 4 is 11.5 Å². The summed E-state index contributed by atoms with van der Waals surface area (Å²) in [5, 5.41) is 9.15. The molecular weight excluding hydrogens is 212 g/mol. The van der Waals surface area contributed by atoms with Crippen LogP contribution in [0.5, 0.6) is 0 Å². The SMILES string of the molecule is CCN(CC)c1c(N)cc(C#N)n1CC(C)C. The summed E-state index contributed by atoms with van der Waals surface area (Å²) in [5.74, 6) is 1.48. The van der Waals surface area contributed by atoms with Crippen LogP contribution in [0.25, 0.3) is 0 Å². The summed E-state index contributed by atoms with van der Waals surface area (Å²) in [7, 11) is 0. The second-order valence-electron chi connectivity index (χ2n) is 4.60. The molecule has 0 atom stereocenters. The van der Waals surface area contributed by atoms with E-state index in [1.165, 1.54) is 0 Å². The van der Waals surface area contributed by atoms with Gasteiger partial charge in [-0.3, -0.25) is 0 Å². The van der Waals surface area contributed by atoms with E-state index in [-0.39, 0.29) is 0 Å². The molecule has 1 rings (SSSR count). The second-order valence-corrected chi connectivity index (χ2v) is 4.60. The molecule has 0 aromatic carbocycles. The van der Waals surface area contributed by atoms with Crippen LogP contribution in [0, 0.1) is 17.2 Å². The lowest BCUT2D eigenvalue weighted by Gasteiger charge is -2.25. The minimum Gasteiger partial charge on any atom is -0.396 e. The molecule has 0 aliphatic carbocycles. The van der Waals surface area contributed by atoms with Gasteiger partial charge in [-0.15, -0.1) is 0 Å². The Morgan fingerprint density at radius 1 is 1.41 bits per heavy atom. The predicted octanol–water partition coefficient (Wildman–Crippen LogP) is 2.44. The third-order valence-electron chi connectivity index (χ3n) is 2.82. The van der Waals surface area contributed by atoms with E-state index in [1.807, 2.05) is 4.57 Å². The molecule has 0 fully saturated rings. The van der Waals surface area contributed by atoms with Gasteiger partial charge in [0.25, 0.3) is 0 Å². The van der Waals surface area contributed by atoms with Gasteiger partial charge < -0.3 is 15.2 Å². The van der Waals surface area contributed by atoms with E-state index < -0.39 is 0 Å². The van der Waals surface area contributed by atoms with E-state index in [9.17, 15) is 0 Å². The van der Waals surface area contributed by atoms with Crippen molar-refractivity contribution in [3.8, 4) is 6.07 Å². The third-order valence-corrected chi connectivity index (χ3v) is 2.82. The molecule has 4 nitrogen and oxygen atoms in total. The molecule has 17 heavy (non-hydrogen) atoms. The number of nitrogens with zero attached hydrogens (tertiary/aromatic N) is 3. The highest BCUT2D eigenvalue weighted by molar-refractivity contribution is 5.67. The minimum atomic E-state index is 0.489. The summed E-state index contributed by atoms with van der Waals surface area (Å²) in [5.41, 5.74) is 7.38. The first-order valence-corrected chi connectivity index (χ1v) is 6.19. The van der Waals surface area contributed by atoms with Gasteiger partial charge in [0.2, 0.25) is 0 Å². The zero-order valence-corrected chi connectivity index (χ0v) is 11.2. The van der Waals surface area contributed by atoms with Gasteiger partial charge in [-0.25, -0.2) is 0 Å². The van der Waals surface area contributed by atoms with Gasteiger partial charge in [-0.05, 0) is 25.8 Å². The van der Waals surface area contributed by atoms with Gasteiger partial charge in [0, 0.05) is 19.6 Å². The fourth-order valence-electron chi connectivity index (χ4n) is 2.08. The Morgan fingerprint density at radius 2 is 2.00 bits per heavy atom. The van der Waals surface area contributed by atoms with E-state index in [0.717, 1.165) is 25.5 Å². The number of aromatic nitrogens is 1. The third kappa shape index (κ3) is 2.73. The molecule has 0 saturated carbocycles. The first-order valence-electron chi connectivity index (χ1n) is 6.19. The van der Waals surface area contributed by atoms with Crippen LogP contribution in [0.15, 0.2) is 6.07 Å². The van der Waals surface area contributed by atoms with Gasteiger partial charge >= 0.3 is 0 Å². The van der Waals surface area contributed by atoms with Crippen molar-refractivity contribution < 1.29 is 0 Å². The zero-order chi connectivity index (χ0) is 13.0. The van der Waals surface area contributed by atoms with Crippen molar-refractivity contribution in [2.24, 2.45) is 5.92 Å². The Morgan fingerprint density at radius 3 is 2.41 bits per heavy atom. The fraction of sp³-hybridized carbons (Fsp3) is 0.615. The van der Waals surface area contributed by atoms with Crippen molar-refractivity contribution in [2.45, 2.75) is 34.2 Å². The van der Waals surface area contributed by atoms with Gasteiger partial charge in [-0.1, -0.05) is 13.8 Å². The number of nitriles is 1. The summed E-state index contributed by atoms with van der Waals surface area (Å²) in [6.07, 6.45) is 0. The standard InChI is InChI=1S/C13H22N4/c1-5-16(6-2)13-12(15)7-11(8-14)17(13)9-10(3)4/h7,10H,5-6,9,15H2,1-4H3. The van der Waals surface area contributed by atoms with E-state index in [1.54, 1.807) is 6.07 Å². The second kappa shape index (κ2) is 5.62. The van der Waals surface area contributed by atoms with Gasteiger partial charge in [0.15, 0.2) is 0 Å². The summed E-state index contributed by atoms with van der Waals surface area (Å²) in [4.78, 5) is 2.19. The maximum absolute atomic E-state index is 9.15. The van der Waals surface area contributed by atoms with Crippen molar-refractivity contribution in [1.82, 2.24) is 4.57 Å². The van der Waals surface area contributed by atoms with Crippen molar-refractivity contribution in [3.63, 3.8) is 0 Å². The molecule has 0 radical (unpaired) electrons. The molecule has 2 N–H and O–H groups in total. The summed E-state index contributed by atoms with van der Waals surface area (Å²) >= 11 is 0. The van der Waals surface area contributed by atoms with Crippen molar-refractivity contribution in [1.29, 1.82) is 5.26 Å².